The first-order valence-corrected chi connectivity index (χ1v) is 9.41. The molecule has 1 amide bonds. The number of halogens is 3. The first kappa shape index (κ1) is 19.4. The third-order valence-electron chi connectivity index (χ3n) is 3.40. The molecule has 0 atom stereocenters. The molecule has 0 spiro atoms. The lowest BCUT2D eigenvalue weighted by Crippen LogP contribution is -2.26. The Morgan fingerprint density at radius 1 is 1.28 bits per heavy atom. The topological polar surface area (TPSA) is 66.5 Å². The SMILES string of the molecule is CCN(C)S(=O)(=O)c1csc(C(=O)Nc2cccc(C(F)(F)F)c2)c1. The highest BCUT2D eigenvalue weighted by Gasteiger charge is 2.30. The quantitative estimate of drug-likeness (QED) is 0.845. The van der Waals surface area contributed by atoms with E-state index in [9.17, 15) is 26.4 Å². The van der Waals surface area contributed by atoms with Gasteiger partial charge in [0.05, 0.1) is 15.3 Å². The van der Waals surface area contributed by atoms with E-state index in [4.69, 9.17) is 0 Å². The summed E-state index contributed by atoms with van der Waals surface area (Å²) >= 11 is 0.901. The molecule has 0 saturated carbocycles. The van der Waals surface area contributed by atoms with E-state index in [2.05, 4.69) is 5.32 Å². The van der Waals surface area contributed by atoms with Crippen LogP contribution in [-0.2, 0) is 16.2 Å². The standard InChI is InChI=1S/C15H15F3N2O3S2/c1-3-20(2)25(22,23)12-8-13(24-9-12)14(21)19-11-6-4-5-10(7-11)15(16,17)18/h4-9H,3H2,1-2H3,(H,19,21). The van der Waals surface area contributed by atoms with Gasteiger partial charge in [0, 0.05) is 24.7 Å². The molecule has 25 heavy (non-hydrogen) atoms. The molecule has 1 aromatic heterocycles. The second kappa shape index (κ2) is 7.14. The van der Waals surface area contributed by atoms with Crippen molar-refractivity contribution in [2.24, 2.45) is 0 Å². The Morgan fingerprint density at radius 2 is 1.96 bits per heavy atom. The molecular formula is C15H15F3N2O3S2. The summed E-state index contributed by atoms with van der Waals surface area (Å²) in [6, 6.07) is 5.41. The molecule has 0 aliphatic carbocycles. The summed E-state index contributed by atoms with van der Waals surface area (Å²) in [6.07, 6.45) is -4.52. The maximum Gasteiger partial charge on any atom is 0.416 e. The highest BCUT2D eigenvalue weighted by Crippen LogP contribution is 2.31. The Morgan fingerprint density at radius 3 is 2.56 bits per heavy atom. The molecule has 0 saturated heterocycles. The van der Waals surface area contributed by atoms with Crippen LogP contribution in [0.1, 0.15) is 22.2 Å². The van der Waals surface area contributed by atoms with E-state index in [1.165, 1.54) is 30.6 Å². The van der Waals surface area contributed by atoms with E-state index < -0.39 is 27.7 Å². The average Bonchev–Trinajstić information content (AvgIpc) is 3.04. The second-order valence-electron chi connectivity index (χ2n) is 5.10. The van der Waals surface area contributed by atoms with Gasteiger partial charge in [0.25, 0.3) is 5.91 Å². The number of hydrogen-bond acceptors (Lipinski definition) is 4. The van der Waals surface area contributed by atoms with Gasteiger partial charge in [-0.1, -0.05) is 13.0 Å². The molecule has 0 aliphatic heterocycles. The Hall–Kier alpha value is -1.91. The van der Waals surface area contributed by atoms with Gasteiger partial charge in [0.1, 0.15) is 0 Å². The van der Waals surface area contributed by atoms with Crippen LogP contribution in [0.4, 0.5) is 18.9 Å². The number of thiophene rings is 1. The van der Waals surface area contributed by atoms with Crippen LogP contribution in [0.2, 0.25) is 0 Å². The first-order valence-electron chi connectivity index (χ1n) is 7.09. The Bertz CT molecular complexity index is 876. The van der Waals surface area contributed by atoms with Gasteiger partial charge in [-0.15, -0.1) is 11.3 Å². The lowest BCUT2D eigenvalue weighted by Gasteiger charge is -2.12. The van der Waals surface area contributed by atoms with Crippen molar-refractivity contribution in [3.8, 4) is 0 Å². The fourth-order valence-corrected chi connectivity index (χ4v) is 4.23. The van der Waals surface area contributed by atoms with E-state index in [1.807, 2.05) is 0 Å². The second-order valence-corrected chi connectivity index (χ2v) is 8.05. The average molecular weight is 392 g/mol. The number of amides is 1. The van der Waals surface area contributed by atoms with Gasteiger partial charge < -0.3 is 5.32 Å². The minimum atomic E-state index is -4.52. The van der Waals surface area contributed by atoms with E-state index in [1.54, 1.807) is 6.92 Å². The fraction of sp³-hybridized carbons (Fsp3) is 0.267. The zero-order valence-corrected chi connectivity index (χ0v) is 14.9. The highest BCUT2D eigenvalue weighted by atomic mass is 32.2. The number of rotatable bonds is 5. The molecule has 1 N–H and O–H groups in total. The van der Waals surface area contributed by atoms with Gasteiger partial charge in [-0.25, -0.2) is 12.7 Å². The van der Waals surface area contributed by atoms with Crippen molar-refractivity contribution >= 4 is 33.0 Å². The first-order chi connectivity index (χ1) is 11.6. The normalized spacial score (nSPS) is 12.4. The minimum absolute atomic E-state index is 0.0247. The highest BCUT2D eigenvalue weighted by molar-refractivity contribution is 7.89. The third-order valence-corrected chi connectivity index (χ3v) is 6.39. The number of nitrogens with zero attached hydrogens (tertiary/aromatic N) is 1. The summed E-state index contributed by atoms with van der Waals surface area (Å²) in [5.74, 6) is -0.676. The molecule has 1 heterocycles. The number of carbonyl (C=O) groups is 1. The summed E-state index contributed by atoms with van der Waals surface area (Å²) < 4.78 is 63.6. The van der Waals surface area contributed by atoms with E-state index >= 15 is 0 Å². The van der Waals surface area contributed by atoms with Crippen LogP contribution in [0, 0.1) is 0 Å². The van der Waals surface area contributed by atoms with Crippen molar-refractivity contribution < 1.29 is 26.4 Å². The van der Waals surface area contributed by atoms with Gasteiger partial charge in [0.15, 0.2) is 0 Å². The number of anilines is 1. The van der Waals surface area contributed by atoms with Crippen molar-refractivity contribution in [3.05, 3.63) is 46.2 Å². The smallest absolute Gasteiger partial charge is 0.321 e. The van der Waals surface area contributed by atoms with E-state index in [0.29, 0.717) is 0 Å². The van der Waals surface area contributed by atoms with Gasteiger partial charge in [-0.3, -0.25) is 4.79 Å². The Balaban J connectivity index is 2.21. The molecular weight excluding hydrogens is 377 g/mol. The van der Waals surface area contributed by atoms with Gasteiger partial charge in [-0.2, -0.15) is 13.2 Å². The summed E-state index contributed by atoms with van der Waals surface area (Å²) in [7, 11) is -2.27. The number of sulfonamides is 1. The lowest BCUT2D eigenvalue weighted by atomic mass is 10.2. The summed E-state index contributed by atoms with van der Waals surface area (Å²) in [5.41, 5.74) is -0.910. The van der Waals surface area contributed by atoms with E-state index in [-0.39, 0.29) is 22.0 Å². The molecule has 136 valence electrons. The summed E-state index contributed by atoms with van der Waals surface area (Å²) in [5, 5.41) is 3.66. The number of alkyl halides is 3. The van der Waals surface area contributed by atoms with Gasteiger partial charge >= 0.3 is 6.18 Å². The zero-order valence-electron chi connectivity index (χ0n) is 13.3. The number of hydrogen-bond donors (Lipinski definition) is 1. The largest absolute Gasteiger partial charge is 0.416 e. The number of nitrogens with one attached hydrogen (secondary N) is 1. The maximum absolute atomic E-state index is 12.7. The molecule has 2 rings (SSSR count). The molecule has 0 bridgehead atoms. The predicted molar refractivity (Wildman–Crippen MR) is 89.2 cm³/mol. The van der Waals surface area contributed by atoms with Crippen molar-refractivity contribution in [2.45, 2.75) is 18.0 Å². The van der Waals surface area contributed by atoms with Crippen LogP contribution in [0.15, 0.2) is 40.6 Å². The molecule has 5 nitrogen and oxygen atoms in total. The lowest BCUT2D eigenvalue weighted by molar-refractivity contribution is -0.137. The van der Waals surface area contributed by atoms with Crippen LogP contribution in [0.3, 0.4) is 0 Å². The minimum Gasteiger partial charge on any atom is -0.321 e. The van der Waals surface area contributed by atoms with Crippen LogP contribution in [0.25, 0.3) is 0 Å². The Labute approximate surface area is 147 Å². The van der Waals surface area contributed by atoms with Gasteiger partial charge in [0.2, 0.25) is 10.0 Å². The van der Waals surface area contributed by atoms with Crippen LogP contribution in [0.5, 0.6) is 0 Å². The predicted octanol–water partition coefficient (Wildman–Crippen LogP) is 3.66. The van der Waals surface area contributed by atoms with Crippen molar-refractivity contribution in [1.82, 2.24) is 4.31 Å². The van der Waals surface area contributed by atoms with Crippen molar-refractivity contribution in [2.75, 3.05) is 18.9 Å². The monoisotopic (exact) mass is 392 g/mol. The number of carbonyl (C=O) groups excluding carboxylic acids is 1. The van der Waals surface area contributed by atoms with Crippen LogP contribution < -0.4 is 5.32 Å². The zero-order chi connectivity index (χ0) is 18.8. The van der Waals surface area contributed by atoms with Crippen LogP contribution in [-0.4, -0.2) is 32.2 Å². The number of benzene rings is 1. The molecule has 10 heteroatoms. The van der Waals surface area contributed by atoms with Gasteiger partial charge in [-0.05, 0) is 24.3 Å². The maximum atomic E-state index is 12.7. The molecule has 0 aliphatic rings. The molecule has 0 unspecified atom stereocenters. The Kier molecular flexibility index (Phi) is 5.55. The molecule has 0 fully saturated rings. The summed E-state index contributed by atoms with van der Waals surface area (Å²) in [4.78, 5) is 12.2. The summed E-state index contributed by atoms with van der Waals surface area (Å²) in [6.45, 7) is 1.94. The van der Waals surface area contributed by atoms with Crippen LogP contribution >= 0.6 is 11.3 Å². The van der Waals surface area contributed by atoms with Crippen molar-refractivity contribution in [1.29, 1.82) is 0 Å². The molecule has 2 aromatic rings. The molecule has 0 radical (unpaired) electrons. The van der Waals surface area contributed by atoms with Crippen molar-refractivity contribution in [3.63, 3.8) is 0 Å². The molecule has 1 aromatic carbocycles. The van der Waals surface area contributed by atoms with E-state index in [0.717, 1.165) is 27.8 Å². The fourth-order valence-electron chi connectivity index (χ4n) is 1.89. The third kappa shape index (κ3) is 4.39.